The van der Waals surface area contributed by atoms with Gasteiger partial charge in [-0.3, -0.25) is 4.79 Å². The van der Waals surface area contributed by atoms with Gasteiger partial charge in [-0.25, -0.2) is 0 Å². The van der Waals surface area contributed by atoms with Gasteiger partial charge in [-0.2, -0.15) is 0 Å². The number of hydrogen-bond acceptors (Lipinski definition) is 2. The van der Waals surface area contributed by atoms with E-state index in [0.29, 0.717) is 11.4 Å². The molecule has 0 radical (unpaired) electrons. The maximum absolute atomic E-state index is 12.2. The molecule has 1 aromatic rings. The summed E-state index contributed by atoms with van der Waals surface area (Å²) in [4.78, 5) is 14.7. The topological polar surface area (TPSA) is 20.3 Å². The van der Waals surface area contributed by atoms with Crippen molar-refractivity contribution in [2.24, 2.45) is 5.92 Å². The number of likely N-dealkylation sites (tertiary alicyclic amines) is 1. The van der Waals surface area contributed by atoms with E-state index < -0.39 is 0 Å². The van der Waals surface area contributed by atoms with Gasteiger partial charge in [0.25, 0.3) is 0 Å². The van der Waals surface area contributed by atoms with Crippen LogP contribution in [-0.4, -0.2) is 30.3 Å². The van der Waals surface area contributed by atoms with Crippen LogP contribution in [0.2, 0.25) is 5.02 Å². The fraction of sp³-hybridized carbons (Fsp3) is 0.611. The molecule has 0 bridgehead atoms. The van der Waals surface area contributed by atoms with Crippen LogP contribution in [0.5, 0.6) is 0 Å². The van der Waals surface area contributed by atoms with Crippen LogP contribution in [0.3, 0.4) is 0 Å². The lowest BCUT2D eigenvalue weighted by Gasteiger charge is -2.19. The molecule has 0 N–H and O–H groups in total. The summed E-state index contributed by atoms with van der Waals surface area (Å²) in [5, 5.41) is 0.637. The van der Waals surface area contributed by atoms with Crippen LogP contribution in [0.1, 0.15) is 55.8 Å². The Kier molecular flexibility index (Phi) is 6.72. The zero-order chi connectivity index (χ0) is 15.1. The molecule has 0 saturated carbocycles. The Morgan fingerprint density at radius 3 is 2.95 bits per heavy atom. The Balaban J connectivity index is 1.79. The fourth-order valence-corrected chi connectivity index (χ4v) is 3.40. The number of hydrogen-bond donors (Lipinski definition) is 0. The van der Waals surface area contributed by atoms with E-state index in [2.05, 4.69) is 11.8 Å². The first-order chi connectivity index (χ1) is 10.2. The van der Waals surface area contributed by atoms with Crippen molar-refractivity contribution in [3.63, 3.8) is 0 Å². The van der Waals surface area contributed by atoms with Crippen LogP contribution in [0, 0.1) is 5.92 Å². The Morgan fingerprint density at radius 2 is 2.19 bits per heavy atom. The summed E-state index contributed by atoms with van der Waals surface area (Å²) in [5.41, 5.74) is 0.737. The molecule has 3 heteroatoms. The minimum absolute atomic E-state index is 0.201. The summed E-state index contributed by atoms with van der Waals surface area (Å²) >= 11 is 5.94. The molecule has 1 unspecified atom stereocenters. The number of halogens is 1. The average molecular weight is 308 g/mol. The van der Waals surface area contributed by atoms with E-state index in [1.165, 1.54) is 32.1 Å². The molecule has 1 aliphatic rings. The highest BCUT2D eigenvalue weighted by Crippen LogP contribution is 2.22. The molecule has 1 saturated heterocycles. The minimum Gasteiger partial charge on any atom is -0.303 e. The molecule has 0 aromatic heterocycles. The number of ketones is 1. The second-order valence-electron chi connectivity index (χ2n) is 6.11. The normalized spacial score (nSPS) is 20.2. The van der Waals surface area contributed by atoms with Crippen molar-refractivity contribution in [3.8, 4) is 0 Å². The van der Waals surface area contributed by atoms with E-state index >= 15 is 0 Å². The summed E-state index contributed by atoms with van der Waals surface area (Å²) in [6.45, 7) is 5.44. The van der Waals surface area contributed by atoms with Gasteiger partial charge in [0.2, 0.25) is 0 Å². The summed E-state index contributed by atoms with van der Waals surface area (Å²) in [6.07, 6.45) is 7.16. The van der Waals surface area contributed by atoms with Crippen LogP contribution in [0.15, 0.2) is 24.3 Å². The van der Waals surface area contributed by atoms with Crippen LogP contribution in [-0.2, 0) is 0 Å². The quantitative estimate of drug-likeness (QED) is 0.703. The molecule has 116 valence electrons. The number of Topliss-reactive ketones (excluding diaryl/α,β-unsaturated/α-hetero) is 1. The van der Waals surface area contributed by atoms with E-state index in [-0.39, 0.29) is 5.78 Å². The highest BCUT2D eigenvalue weighted by molar-refractivity contribution is 6.31. The van der Waals surface area contributed by atoms with Gasteiger partial charge in [0.1, 0.15) is 0 Å². The molecule has 1 atom stereocenters. The highest BCUT2D eigenvalue weighted by Gasteiger charge is 2.17. The molecule has 1 heterocycles. The third kappa shape index (κ3) is 5.44. The van der Waals surface area contributed by atoms with Crippen LogP contribution < -0.4 is 0 Å². The van der Waals surface area contributed by atoms with Gasteiger partial charge < -0.3 is 4.90 Å². The lowest BCUT2D eigenvalue weighted by atomic mass is 9.96. The van der Waals surface area contributed by atoms with Crippen molar-refractivity contribution in [1.82, 2.24) is 4.90 Å². The average Bonchev–Trinajstić information content (AvgIpc) is 2.71. The lowest BCUT2D eigenvalue weighted by molar-refractivity contribution is 0.0964. The van der Waals surface area contributed by atoms with Crippen molar-refractivity contribution in [2.75, 3.05) is 19.6 Å². The van der Waals surface area contributed by atoms with Crippen molar-refractivity contribution in [2.45, 2.75) is 45.4 Å². The van der Waals surface area contributed by atoms with Crippen LogP contribution in [0.25, 0.3) is 0 Å². The molecular formula is C18H26ClNO. The minimum atomic E-state index is 0.201. The summed E-state index contributed by atoms with van der Waals surface area (Å²) in [5.74, 6) is 1.09. The highest BCUT2D eigenvalue weighted by atomic mass is 35.5. The number of carbonyl (C=O) groups excluding carboxylic acids is 1. The van der Waals surface area contributed by atoms with Gasteiger partial charge in [0.05, 0.1) is 0 Å². The predicted octanol–water partition coefficient (Wildman–Crippen LogP) is 4.82. The molecule has 1 aromatic carbocycles. The van der Waals surface area contributed by atoms with E-state index in [9.17, 15) is 4.79 Å². The molecule has 1 fully saturated rings. The monoisotopic (exact) mass is 307 g/mol. The van der Waals surface area contributed by atoms with E-state index in [0.717, 1.165) is 31.1 Å². The zero-order valence-electron chi connectivity index (χ0n) is 13.0. The van der Waals surface area contributed by atoms with Gasteiger partial charge in [-0.1, -0.05) is 43.5 Å². The van der Waals surface area contributed by atoms with Crippen molar-refractivity contribution in [1.29, 1.82) is 0 Å². The first-order valence-corrected chi connectivity index (χ1v) is 8.58. The first-order valence-electron chi connectivity index (χ1n) is 8.20. The Hall–Kier alpha value is -0.860. The third-order valence-corrected chi connectivity index (χ3v) is 4.67. The van der Waals surface area contributed by atoms with E-state index in [1.54, 1.807) is 12.1 Å². The maximum atomic E-state index is 12.2. The molecule has 21 heavy (non-hydrogen) atoms. The second kappa shape index (κ2) is 8.55. The van der Waals surface area contributed by atoms with E-state index in [1.807, 2.05) is 12.1 Å². The summed E-state index contributed by atoms with van der Waals surface area (Å²) in [6, 6.07) is 7.27. The Bertz CT molecular complexity index is 460. The molecule has 0 spiro atoms. The Labute approximate surface area is 133 Å². The zero-order valence-corrected chi connectivity index (χ0v) is 13.7. The number of carbonyl (C=O) groups is 1. The second-order valence-corrected chi connectivity index (χ2v) is 6.55. The number of benzene rings is 1. The number of nitrogens with zero attached hydrogens (tertiary/aromatic N) is 1. The lowest BCUT2D eigenvalue weighted by Crippen LogP contribution is -2.27. The van der Waals surface area contributed by atoms with Crippen molar-refractivity contribution in [3.05, 3.63) is 34.9 Å². The third-order valence-electron chi connectivity index (χ3n) is 4.44. The molecule has 0 amide bonds. The van der Waals surface area contributed by atoms with Gasteiger partial charge in [-0.05, 0) is 50.4 Å². The van der Waals surface area contributed by atoms with Crippen LogP contribution >= 0.6 is 11.6 Å². The fourth-order valence-electron chi connectivity index (χ4n) is 3.21. The maximum Gasteiger partial charge on any atom is 0.164 e. The molecular weight excluding hydrogens is 282 g/mol. The Morgan fingerprint density at radius 1 is 1.33 bits per heavy atom. The smallest absolute Gasteiger partial charge is 0.164 e. The van der Waals surface area contributed by atoms with Gasteiger partial charge >= 0.3 is 0 Å². The number of rotatable bonds is 6. The van der Waals surface area contributed by atoms with Gasteiger partial charge in [0.15, 0.2) is 5.78 Å². The molecule has 2 rings (SSSR count). The molecule has 2 nitrogen and oxygen atoms in total. The summed E-state index contributed by atoms with van der Waals surface area (Å²) in [7, 11) is 0. The SMILES string of the molecule is CCCC1CCCN(CCC(=O)c2cccc(Cl)c2)CC1. The predicted molar refractivity (Wildman–Crippen MR) is 89.1 cm³/mol. The van der Waals surface area contributed by atoms with Gasteiger partial charge in [0, 0.05) is 23.6 Å². The summed E-state index contributed by atoms with van der Waals surface area (Å²) < 4.78 is 0. The molecule has 0 aliphatic carbocycles. The van der Waals surface area contributed by atoms with Crippen LogP contribution in [0.4, 0.5) is 0 Å². The largest absolute Gasteiger partial charge is 0.303 e. The first kappa shape index (κ1) is 16.5. The van der Waals surface area contributed by atoms with Gasteiger partial charge in [-0.15, -0.1) is 0 Å². The van der Waals surface area contributed by atoms with Crippen molar-refractivity contribution < 1.29 is 4.79 Å². The van der Waals surface area contributed by atoms with Crippen molar-refractivity contribution >= 4 is 17.4 Å². The van der Waals surface area contributed by atoms with E-state index in [4.69, 9.17) is 11.6 Å². The standard InChI is InChI=1S/C18H26ClNO/c1-2-5-15-6-4-11-20(12-9-15)13-10-18(21)16-7-3-8-17(19)14-16/h3,7-8,14-15H,2,4-6,9-13H2,1H3. The molecule has 1 aliphatic heterocycles.